The van der Waals surface area contributed by atoms with E-state index in [1.54, 1.807) is 23.2 Å². The molecule has 0 radical (unpaired) electrons. The van der Waals surface area contributed by atoms with Crippen LogP contribution in [0.4, 0.5) is 10.1 Å². The van der Waals surface area contributed by atoms with Crippen LogP contribution in [-0.2, 0) is 13.0 Å². The minimum absolute atomic E-state index is 0.0302. The number of rotatable bonds is 4. The molecule has 1 fully saturated rings. The third kappa shape index (κ3) is 3.74. The molecule has 0 aliphatic carbocycles. The molecule has 2 aliphatic rings. The zero-order valence-electron chi connectivity index (χ0n) is 17.7. The number of pyridine rings is 1. The van der Waals surface area contributed by atoms with Gasteiger partial charge in [-0.3, -0.25) is 14.6 Å². The summed E-state index contributed by atoms with van der Waals surface area (Å²) in [5.74, 6) is -0.470. The van der Waals surface area contributed by atoms with Gasteiger partial charge in [0.2, 0.25) is 0 Å². The van der Waals surface area contributed by atoms with E-state index < -0.39 is 6.17 Å². The van der Waals surface area contributed by atoms with E-state index in [0.717, 1.165) is 23.4 Å². The van der Waals surface area contributed by atoms with Crippen molar-refractivity contribution >= 4 is 17.5 Å². The summed E-state index contributed by atoms with van der Waals surface area (Å²) in [7, 11) is 0. The number of aryl methyl sites for hydroxylation is 1. The number of carbonyl (C=O) groups excluding carboxylic acids is 2. The van der Waals surface area contributed by atoms with Crippen molar-refractivity contribution in [2.45, 2.75) is 38.5 Å². The molecule has 9 heteroatoms. The highest BCUT2D eigenvalue weighted by molar-refractivity contribution is 6.05. The first-order valence-corrected chi connectivity index (χ1v) is 10.7. The van der Waals surface area contributed by atoms with E-state index in [9.17, 15) is 14.0 Å². The molecule has 2 atom stereocenters. The lowest BCUT2D eigenvalue weighted by molar-refractivity contribution is 0.0714. The molecule has 8 nitrogen and oxygen atoms in total. The van der Waals surface area contributed by atoms with Crippen molar-refractivity contribution in [3.8, 4) is 0 Å². The normalized spacial score (nSPS) is 19.9. The highest BCUT2D eigenvalue weighted by Crippen LogP contribution is 2.29. The first-order valence-electron chi connectivity index (χ1n) is 10.7. The average molecular weight is 434 g/mol. The Labute approximate surface area is 184 Å². The van der Waals surface area contributed by atoms with E-state index in [4.69, 9.17) is 0 Å². The van der Waals surface area contributed by atoms with Gasteiger partial charge in [-0.2, -0.15) is 0 Å². The van der Waals surface area contributed by atoms with Crippen molar-refractivity contribution in [1.29, 1.82) is 0 Å². The standard InChI is InChI=1S/C23H23FN6O2/c1-15-6-7-17(11-25-15)22(31)30-12-18(24)10-19(30)13-28-14-20(26-27-28)23(32)29-9-8-16-4-2-3-5-21(16)29/h2-7,11,14,18-19H,8-10,12-13H2,1H3. The second-order valence-electron chi connectivity index (χ2n) is 8.29. The summed E-state index contributed by atoms with van der Waals surface area (Å²) < 4.78 is 15.7. The quantitative estimate of drug-likeness (QED) is 0.630. The highest BCUT2D eigenvalue weighted by Gasteiger charge is 2.36. The Morgan fingerprint density at radius 3 is 2.81 bits per heavy atom. The van der Waals surface area contributed by atoms with Gasteiger partial charge in [0.25, 0.3) is 11.8 Å². The maximum absolute atomic E-state index is 14.2. The number of amides is 2. The number of benzene rings is 1. The van der Waals surface area contributed by atoms with Crippen molar-refractivity contribution in [1.82, 2.24) is 24.9 Å². The fourth-order valence-electron chi connectivity index (χ4n) is 4.43. The van der Waals surface area contributed by atoms with Crippen molar-refractivity contribution in [2.24, 2.45) is 0 Å². The van der Waals surface area contributed by atoms with Crippen LogP contribution in [0, 0.1) is 6.92 Å². The largest absolute Gasteiger partial charge is 0.331 e. The van der Waals surface area contributed by atoms with Crippen molar-refractivity contribution in [3.63, 3.8) is 0 Å². The average Bonchev–Trinajstić information content (AvgIpc) is 3.52. The Kier molecular flexibility index (Phi) is 5.16. The summed E-state index contributed by atoms with van der Waals surface area (Å²) in [6.45, 7) is 2.74. The number of hydrogen-bond donors (Lipinski definition) is 0. The molecule has 2 aliphatic heterocycles. The van der Waals surface area contributed by atoms with E-state index in [-0.39, 0.29) is 43.1 Å². The van der Waals surface area contributed by atoms with Gasteiger partial charge in [-0.1, -0.05) is 23.4 Å². The predicted molar refractivity (Wildman–Crippen MR) is 115 cm³/mol. The van der Waals surface area contributed by atoms with Crippen molar-refractivity contribution < 1.29 is 14.0 Å². The highest BCUT2D eigenvalue weighted by atomic mass is 19.1. The van der Waals surface area contributed by atoms with E-state index in [1.807, 2.05) is 31.2 Å². The molecule has 164 valence electrons. The number of likely N-dealkylation sites (tertiary alicyclic amines) is 1. The van der Waals surface area contributed by atoms with Gasteiger partial charge in [-0.15, -0.1) is 5.10 Å². The number of aromatic nitrogens is 4. The number of carbonyl (C=O) groups is 2. The van der Waals surface area contributed by atoms with Crippen LogP contribution in [0.15, 0.2) is 48.8 Å². The van der Waals surface area contributed by atoms with Crippen molar-refractivity contribution in [3.05, 3.63) is 71.3 Å². The minimum atomic E-state index is -1.10. The number of alkyl halides is 1. The zero-order chi connectivity index (χ0) is 22.2. The molecule has 32 heavy (non-hydrogen) atoms. The van der Waals surface area contributed by atoms with E-state index in [2.05, 4.69) is 15.3 Å². The first-order chi connectivity index (χ1) is 15.5. The molecular weight excluding hydrogens is 411 g/mol. The summed E-state index contributed by atoms with van der Waals surface area (Å²) in [5.41, 5.74) is 3.50. The molecule has 0 saturated carbocycles. The van der Waals surface area contributed by atoms with Gasteiger partial charge in [0.05, 0.1) is 30.9 Å². The molecule has 1 aromatic carbocycles. The molecule has 0 bridgehead atoms. The Bertz CT molecular complexity index is 1160. The van der Waals surface area contributed by atoms with E-state index in [1.165, 1.54) is 15.8 Å². The third-order valence-electron chi connectivity index (χ3n) is 6.07. The molecule has 4 heterocycles. The number of fused-ring (bicyclic) bond motifs is 1. The van der Waals surface area contributed by atoms with Crippen LogP contribution in [0.5, 0.6) is 0 Å². The fourth-order valence-corrected chi connectivity index (χ4v) is 4.43. The van der Waals surface area contributed by atoms with Crippen LogP contribution in [0.1, 0.15) is 38.5 Å². The Hall–Kier alpha value is -3.62. The van der Waals surface area contributed by atoms with Gasteiger partial charge in [0.1, 0.15) is 6.17 Å². The lowest BCUT2D eigenvalue weighted by Gasteiger charge is -2.24. The lowest BCUT2D eigenvalue weighted by atomic mass is 10.2. The van der Waals surface area contributed by atoms with E-state index in [0.29, 0.717) is 12.1 Å². The summed E-state index contributed by atoms with van der Waals surface area (Å²) in [6.07, 6.45) is 3.01. The number of anilines is 1. The summed E-state index contributed by atoms with van der Waals surface area (Å²) in [5, 5.41) is 8.12. The van der Waals surface area contributed by atoms with Crippen LogP contribution >= 0.6 is 0 Å². The summed E-state index contributed by atoms with van der Waals surface area (Å²) in [4.78, 5) is 33.3. The number of nitrogens with zero attached hydrogens (tertiary/aromatic N) is 6. The van der Waals surface area contributed by atoms with Gasteiger partial charge in [-0.25, -0.2) is 9.07 Å². The van der Waals surface area contributed by atoms with Crippen molar-refractivity contribution in [2.75, 3.05) is 18.0 Å². The van der Waals surface area contributed by atoms with Gasteiger partial charge < -0.3 is 9.80 Å². The smallest absolute Gasteiger partial charge is 0.280 e. The SMILES string of the molecule is Cc1ccc(C(=O)N2CC(F)CC2Cn2cc(C(=O)N3CCc4ccccc43)nn2)cn1. The van der Waals surface area contributed by atoms with Gasteiger partial charge in [0, 0.05) is 30.5 Å². The molecule has 0 spiro atoms. The molecule has 2 unspecified atom stereocenters. The first kappa shape index (κ1) is 20.3. The van der Waals surface area contributed by atoms with Crippen LogP contribution in [0.2, 0.25) is 0 Å². The van der Waals surface area contributed by atoms with E-state index >= 15 is 0 Å². The molecule has 2 aromatic heterocycles. The number of para-hydroxylation sites is 1. The topological polar surface area (TPSA) is 84.2 Å². The number of halogens is 1. The molecule has 2 amide bonds. The second-order valence-corrected chi connectivity index (χ2v) is 8.29. The van der Waals surface area contributed by atoms with Gasteiger partial charge in [0.15, 0.2) is 5.69 Å². The predicted octanol–water partition coefficient (Wildman–Crippen LogP) is 2.44. The fraction of sp³-hybridized carbons (Fsp3) is 0.348. The molecule has 5 rings (SSSR count). The Morgan fingerprint density at radius 2 is 2.00 bits per heavy atom. The maximum Gasteiger partial charge on any atom is 0.280 e. The van der Waals surface area contributed by atoms with Crippen LogP contribution in [-0.4, -0.2) is 62.0 Å². The maximum atomic E-state index is 14.2. The molecule has 1 saturated heterocycles. The second kappa shape index (κ2) is 8.14. The third-order valence-corrected chi connectivity index (χ3v) is 6.07. The number of hydrogen-bond acceptors (Lipinski definition) is 5. The van der Waals surface area contributed by atoms with Gasteiger partial charge >= 0.3 is 0 Å². The lowest BCUT2D eigenvalue weighted by Crippen LogP contribution is -2.38. The molecule has 0 N–H and O–H groups in total. The summed E-state index contributed by atoms with van der Waals surface area (Å²) >= 11 is 0. The minimum Gasteiger partial charge on any atom is -0.331 e. The molecule has 3 aromatic rings. The Balaban J connectivity index is 1.30. The monoisotopic (exact) mass is 434 g/mol. The zero-order valence-corrected chi connectivity index (χ0v) is 17.7. The molecular formula is C23H23FN6O2. The van der Waals surface area contributed by atoms with Crippen LogP contribution in [0.25, 0.3) is 0 Å². The summed E-state index contributed by atoms with van der Waals surface area (Å²) in [6, 6.07) is 10.9. The van der Waals surface area contributed by atoms with Crippen LogP contribution < -0.4 is 4.90 Å². The Morgan fingerprint density at radius 1 is 1.16 bits per heavy atom. The van der Waals surface area contributed by atoms with Gasteiger partial charge in [-0.05, 0) is 37.1 Å². The van der Waals surface area contributed by atoms with Crippen LogP contribution in [0.3, 0.4) is 0 Å².